The number of aryl methyl sites for hydroxylation is 1. The molecule has 2 heterocycles. The van der Waals surface area contributed by atoms with Crippen molar-refractivity contribution in [2.75, 3.05) is 0 Å². The van der Waals surface area contributed by atoms with Crippen LogP contribution in [-0.2, 0) is 6.42 Å². The quantitative estimate of drug-likeness (QED) is 0.626. The first kappa shape index (κ1) is 13.7. The number of pyridine rings is 1. The number of fused-ring (bicyclic) bond motifs is 3. The van der Waals surface area contributed by atoms with Crippen LogP contribution in [0, 0.1) is 6.92 Å². The van der Waals surface area contributed by atoms with E-state index in [0.29, 0.717) is 0 Å². The Hall–Kier alpha value is -0.320. The number of alkyl halides is 2. The summed E-state index contributed by atoms with van der Waals surface area (Å²) < 4.78 is 6.53. The maximum absolute atomic E-state index is 6.33. The standard InChI is InChI=1S/C14H12Br2ClNO/c1-7-9-6-12(14(2,16)17)19-13(9)10-5-8(15)3-4-11(10)18-7/h3-5,12H,6H2,1-2H3/t12-,14-/m1/s1. The van der Waals surface area contributed by atoms with Crippen molar-refractivity contribution in [1.29, 1.82) is 0 Å². The molecule has 2 nitrogen and oxygen atoms in total. The van der Waals surface area contributed by atoms with Gasteiger partial charge in [0, 0.05) is 27.5 Å². The van der Waals surface area contributed by atoms with Crippen molar-refractivity contribution in [3.63, 3.8) is 0 Å². The van der Waals surface area contributed by atoms with Gasteiger partial charge in [0.2, 0.25) is 0 Å². The molecule has 0 amide bonds. The summed E-state index contributed by atoms with van der Waals surface area (Å²) >= 11 is 13.3. The summed E-state index contributed by atoms with van der Waals surface area (Å²) in [5.41, 5.74) is 3.12. The van der Waals surface area contributed by atoms with Crippen molar-refractivity contribution < 1.29 is 4.74 Å². The Morgan fingerprint density at radius 1 is 1.47 bits per heavy atom. The van der Waals surface area contributed by atoms with Gasteiger partial charge in [0.25, 0.3) is 0 Å². The lowest BCUT2D eigenvalue weighted by Gasteiger charge is -2.21. The van der Waals surface area contributed by atoms with Gasteiger partial charge in [0.1, 0.15) is 15.6 Å². The second-order valence-electron chi connectivity index (χ2n) is 4.93. The maximum atomic E-state index is 6.33. The zero-order chi connectivity index (χ0) is 13.8. The van der Waals surface area contributed by atoms with Gasteiger partial charge in [0.05, 0.1) is 5.52 Å². The monoisotopic (exact) mass is 403 g/mol. The van der Waals surface area contributed by atoms with Gasteiger partial charge in [-0.3, -0.25) is 4.98 Å². The van der Waals surface area contributed by atoms with E-state index in [1.54, 1.807) is 0 Å². The highest BCUT2D eigenvalue weighted by molar-refractivity contribution is 9.10. The Kier molecular flexibility index (Phi) is 3.31. The molecule has 100 valence electrons. The van der Waals surface area contributed by atoms with Crippen LogP contribution in [0.2, 0.25) is 0 Å². The van der Waals surface area contributed by atoms with E-state index in [4.69, 9.17) is 16.3 Å². The Balaban J connectivity index is 2.20. The molecule has 0 aliphatic carbocycles. The molecule has 19 heavy (non-hydrogen) atoms. The number of rotatable bonds is 1. The van der Waals surface area contributed by atoms with Crippen LogP contribution < -0.4 is 4.74 Å². The summed E-state index contributed by atoms with van der Waals surface area (Å²) in [7, 11) is 0. The first-order valence-corrected chi connectivity index (χ1v) is 7.96. The van der Waals surface area contributed by atoms with Crippen LogP contribution in [0.25, 0.3) is 10.9 Å². The van der Waals surface area contributed by atoms with Crippen LogP contribution >= 0.6 is 43.5 Å². The normalized spacial score (nSPS) is 21.0. The van der Waals surface area contributed by atoms with Gasteiger partial charge in [-0.05, 0) is 32.0 Å². The molecule has 2 aromatic rings. The fourth-order valence-electron chi connectivity index (χ4n) is 2.39. The fourth-order valence-corrected chi connectivity index (χ4v) is 3.13. The molecule has 1 aliphatic heterocycles. The molecule has 1 aromatic heterocycles. The van der Waals surface area contributed by atoms with E-state index < -0.39 is 3.78 Å². The Morgan fingerprint density at radius 3 is 2.89 bits per heavy atom. The molecule has 0 unspecified atom stereocenters. The Morgan fingerprint density at radius 2 is 2.21 bits per heavy atom. The van der Waals surface area contributed by atoms with Gasteiger partial charge in [0.15, 0.2) is 0 Å². The van der Waals surface area contributed by atoms with Gasteiger partial charge in [-0.25, -0.2) is 0 Å². The average molecular weight is 406 g/mol. The van der Waals surface area contributed by atoms with Crippen molar-refractivity contribution >= 4 is 54.4 Å². The number of halogens is 3. The number of benzene rings is 1. The molecular formula is C14H12Br2ClNO. The van der Waals surface area contributed by atoms with E-state index in [9.17, 15) is 0 Å². The van der Waals surface area contributed by atoms with E-state index in [1.165, 1.54) is 0 Å². The highest BCUT2D eigenvalue weighted by Crippen LogP contribution is 2.43. The van der Waals surface area contributed by atoms with E-state index in [0.717, 1.165) is 38.8 Å². The molecular weight excluding hydrogens is 393 g/mol. The lowest BCUT2D eigenvalue weighted by atomic mass is 10.0. The van der Waals surface area contributed by atoms with Gasteiger partial charge in [-0.1, -0.05) is 31.9 Å². The minimum atomic E-state index is -0.573. The third kappa shape index (κ3) is 2.39. The number of nitrogens with zero attached hydrogens (tertiary/aromatic N) is 1. The molecule has 2 atom stereocenters. The summed E-state index contributed by atoms with van der Waals surface area (Å²) in [6.45, 7) is 3.93. The topological polar surface area (TPSA) is 22.1 Å². The van der Waals surface area contributed by atoms with E-state index in [2.05, 4.69) is 36.8 Å². The molecule has 0 fully saturated rings. The summed E-state index contributed by atoms with van der Waals surface area (Å²) in [4.78, 5) is 4.65. The van der Waals surface area contributed by atoms with E-state index in [-0.39, 0.29) is 6.10 Å². The van der Waals surface area contributed by atoms with Gasteiger partial charge in [-0.15, -0.1) is 11.6 Å². The highest BCUT2D eigenvalue weighted by atomic mass is 79.9. The molecule has 5 heteroatoms. The first-order valence-electron chi connectivity index (χ1n) is 5.99. The van der Waals surface area contributed by atoms with Crippen molar-refractivity contribution in [2.24, 2.45) is 0 Å². The Bertz CT molecular complexity index is 667. The third-order valence-electron chi connectivity index (χ3n) is 3.42. The minimum Gasteiger partial charge on any atom is -0.486 e. The van der Waals surface area contributed by atoms with E-state index >= 15 is 0 Å². The number of ether oxygens (including phenoxy) is 1. The molecule has 3 rings (SSSR count). The SMILES string of the molecule is Cc1nc2ccc(Br)cc2c2c1C[C@H]([C@@](C)(Cl)Br)O2. The molecule has 0 radical (unpaired) electrons. The first-order chi connectivity index (χ1) is 8.86. The fraction of sp³-hybridized carbons (Fsp3) is 0.357. The van der Waals surface area contributed by atoms with Crippen LogP contribution in [0.4, 0.5) is 0 Å². The zero-order valence-corrected chi connectivity index (χ0v) is 14.4. The third-order valence-corrected chi connectivity index (χ3v) is 4.66. The molecule has 0 saturated heterocycles. The molecule has 1 aromatic carbocycles. The van der Waals surface area contributed by atoms with Crippen LogP contribution in [0.3, 0.4) is 0 Å². The summed E-state index contributed by atoms with van der Waals surface area (Å²) in [5, 5.41) is 1.03. The van der Waals surface area contributed by atoms with E-state index in [1.807, 2.05) is 32.0 Å². The molecule has 0 spiro atoms. The van der Waals surface area contributed by atoms with Crippen LogP contribution in [0.15, 0.2) is 22.7 Å². The van der Waals surface area contributed by atoms with Crippen molar-refractivity contribution in [1.82, 2.24) is 4.98 Å². The molecule has 0 bridgehead atoms. The summed E-state index contributed by atoms with van der Waals surface area (Å²) in [5.74, 6) is 0.917. The number of aromatic nitrogens is 1. The van der Waals surface area contributed by atoms with Gasteiger partial charge in [-0.2, -0.15) is 0 Å². The van der Waals surface area contributed by atoms with Crippen molar-refractivity contribution in [3.05, 3.63) is 33.9 Å². The largest absolute Gasteiger partial charge is 0.486 e. The second-order valence-corrected chi connectivity index (χ2v) is 8.74. The summed E-state index contributed by atoms with van der Waals surface area (Å²) in [6, 6.07) is 6.03. The number of hydrogen-bond acceptors (Lipinski definition) is 2. The average Bonchev–Trinajstić information content (AvgIpc) is 2.76. The van der Waals surface area contributed by atoms with Crippen LogP contribution in [0.5, 0.6) is 5.75 Å². The predicted octanol–water partition coefficient (Wildman–Crippen LogP) is 4.96. The minimum absolute atomic E-state index is 0.0887. The lowest BCUT2D eigenvalue weighted by molar-refractivity contribution is 0.225. The Labute approximate surface area is 133 Å². The second kappa shape index (κ2) is 4.61. The number of hydrogen-bond donors (Lipinski definition) is 0. The maximum Gasteiger partial charge on any atom is 0.134 e. The lowest BCUT2D eigenvalue weighted by Crippen LogP contribution is -2.31. The van der Waals surface area contributed by atoms with Crippen molar-refractivity contribution in [2.45, 2.75) is 30.2 Å². The van der Waals surface area contributed by atoms with Crippen LogP contribution in [0.1, 0.15) is 18.2 Å². The predicted molar refractivity (Wildman–Crippen MR) is 85.5 cm³/mol. The van der Waals surface area contributed by atoms with Gasteiger partial charge < -0.3 is 4.74 Å². The summed E-state index contributed by atoms with van der Waals surface area (Å²) in [6.07, 6.45) is 0.691. The molecule has 0 saturated carbocycles. The molecule has 1 aliphatic rings. The van der Waals surface area contributed by atoms with Gasteiger partial charge >= 0.3 is 0 Å². The van der Waals surface area contributed by atoms with Crippen molar-refractivity contribution in [3.8, 4) is 5.75 Å². The smallest absolute Gasteiger partial charge is 0.134 e. The zero-order valence-electron chi connectivity index (χ0n) is 10.5. The molecule has 0 N–H and O–H groups in total. The highest BCUT2D eigenvalue weighted by Gasteiger charge is 2.38. The van der Waals surface area contributed by atoms with Crippen LogP contribution in [-0.4, -0.2) is 14.9 Å².